The molecule has 0 bridgehead atoms. The van der Waals surface area contributed by atoms with Crippen molar-refractivity contribution in [1.29, 1.82) is 0 Å². The van der Waals surface area contributed by atoms with E-state index in [4.69, 9.17) is 16.3 Å². The van der Waals surface area contributed by atoms with Gasteiger partial charge in [0.15, 0.2) is 5.78 Å². The number of hydrogen-bond donors (Lipinski definition) is 0. The Bertz CT molecular complexity index is 532. The van der Waals surface area contributed by atoms with Crippen LogP contribution in [0.3, 0.4) is 0 Å². The monoisotopic (exact) mass is 261 g/mol. The number of carbonyl (C=O) groups excluding carboxylic acids is 1. The topological polar surface area (TPSA) is 38.7 Å². The van der Waals surface area contributed by atoms with E-state index in [2.05, 4.69) is 4.99 Å². The van der Waals surface area contributed by atoms with Gasteiger partial charge in [0.1, 0.15) is 5.92 Å². The van der Waals surface area contributed by atoms with E-state index in [1.807, 2.05) is 18.2 Å². The second-order valence-corrected chi connectivity index (χ2v) is 4.18. The molecule has 0 fully saturated rings. The summed E-state index contributed by atoms with van der Waals surface area (Å²) in [5.74, 6) is -0.325. The molecule has 0 N–H and O–H groups in total. The van der Waals surface area contributed by atoms with Crippen LogP contribution in [-0.4, -0.2) is 18.8 Å². The van der Waals surface area contributed by atoms with Crippen LogP contribution in [0.1, 0.15) is 10.4 Å². The molecule has 1 aliphatic rings. The fourth-order valence-corrected chi connectivity index (χ4v) is 1.88. The molecule has 1 atom stereocenters. The molecule has 1 heterocycles. The van der Waals surface area contributed by atoms with E-state index in [9.17, 15) is 4.79 Å². The minimum absolute atomic E-state index is 0.0851. The van der Waals surface area contributed by atoms with Crippen molar-refractivity contribution >= 4 is 23.3 Å². The highest BCUT2D eigenvalue weighted by molar-refractivity contribution is 6.32. The van der Waals surface area contributed by atoms with Crippen LogP contribution in [0, 0.1) is 5.92 Å². The Balaban J connectivity index is 2.36. The number of hydrogen-bond acceptors (Lipinski definition) is 3. The standard InChI is InChI=1S/C14H12ClNO2/c1-18-14-12(9-11(15)7-8-16-14)13(17)10-5-3-2-4-6-10/h2-9,12H,1H3. The summed E-state index contributed by atoms with van der Waals surface area (Å²) in [5.41, 5.74) is 0.606. The predicted octanol–water partition coefficient (Wildman–Crippen LogP) is 3.18. The zero-order valence-electron chi connectivity index (χ0n) is 9.84. The molecule has 1 unspecified atom stereocenters. The summed E-state index contributed by atoms with van der Waals surface area (Å²) in [4.78, 5) is 16.5. The molecule has 0 amide bonds. The van der Waals surface area contributed by atoms with E-state index in [0.29, 0.717) is 16.5 Å². The Labute approximate surface area is 110 Å². The van der Waals surface area contributed by atoms with Gasteiger partial charge in [0.05, 0.1) is 7.11 Å². The third-order valence-electron chi connectivity index (χ3n) is 2.58. The van der Waals surface area contributed by atoms with Gasteiger partial charge in [0, 0.05) is 16.8 Å². The highest BCUT2D eigenvalue weighted by Gasteiger charge is 2.25. The van der Waals surface area contributed by atoms with Crippen LogP contribution in [0.2, 0.25) is 0 Å². The van der Waals surface area contributed by atoms with E-state index in [0.717, 1.165) is 0 Å². The molecule has 1 aromatic rings. The lowest BCUT2D eigenvalue weighted by Crippen LogP contribution is -2.23. The Kier molecular flexibility index (Phi) is 3.95. The van der Waals surface area contributed by atoms with Crippen molar-refractivity contribution in [1.82, 2.24) is 0 Å². The minimum atomic E-state index is -0.583. The summed E-state index contributed by atoms with van der Waals surface area (Å²) in [5, 5.41) is 0.472. The molecule has 0 radical (unpaired) electrons. The maximum atomic E-state index is 12.4. The first-order valence-corrected chi connectivity index (χ1v) is 5.85. The van der Waals surface area contributed by atoms with Crippen LogP contribution in [0.15, 0.2) is 58.7 Å². The van der Waals surface area contributed by atoms with Crippen molar-refractivity contribution < 1.29 is 9.53 Å². The lowest BCUT2D eigenvalue weighted by atomic mass is 9.97. The third-order valence-corrected chi connectivity index (χ3v) is 2.83. The first kappa shape index (κ1) is 12.6. The van der Waals surface area contributed by atoms with Gasteiger partial charge in [0.25, 0.3) is 0 Å². The Morgan fingerprint density at radius 1 is 1.33 bits per heavy atom. The highest BCUT2D eigenvalue weighted by Crippen LogP contribution is 2.19. The van der Waals surface area contributed by atoms with Gasteiger partial charge >= 0.3 is 0 Å². The fraction of sp³-hybridized carbons (Fsp3) is 0.143. The molecule has 4 heteroatoms. The smallest absolute Gasteiger partial charge is 0.202 e. The number of halogens is 1. The van der Waals surface area contributed by atoms with Gasteiger partial charge < -0.3 is 4.74 Å². The summed E-state index contributed by atoms with van der Waals surface area (Å²) in [6.07, 6.45) is 4.79. The zero-order chi connectivity index (χ0) is 13.0. The van der Waals surface area contributed by atoms with Crippen LogP contribution in [-0.2, 0) is 4.74 Å². The Hall–Kier alpha value is -1.87. The molecular weight excluding hydrogens is 250 g/mol. The van der Waals surface area contributed by atoms with Crippen LogP contribution >= 0.6 is 11.6 Å². The van der Waals surface area contributed by atoms with E-state index < -0.39 is 5.92 Å². The number of methoxy groups -OCH3 is 1. The van der Waals surface area contributed by atoms with Crippen molar-refractivity contribution in [3.05, 3.63) is 59.3 Å². The van der Waals surface area contributed by atoms with Crippen LogP contribution < -0.4 is 0 Å². The number of carbonyl (C=O) groups is 1. The second kappa shape index (κ2) is 5.65. The molecular formula is C14H12ClNO2. The van der Waals surface area contributed by atoms with Crippen molar-refractivity contribution in [2.45, 2.75) is 0 Å². The van der Waals surface area contributed by atoms with E-state index >= 15 is 0 Å². The first-order chi connectivity index (χ1) is 8.72. The molecule has 18 heavy (non-hydrogen) atoms. The van der Waals surface area contributed by atoms with Gasteiger partial charge in [-0.2, -0.15) is 0 Å². The normalized spacial score (nSPS) is 18.7. The van der Waals surface area contributed by atoms with Crippen LogP contribution in [0.5, 0.6) is 0 Å². The highest BCUT2D eigenvalue weighted by atomic mass is 35.5. The quantitative estimate of drug-likeness (QED) is 0.767. The fourth-order valence-electron chi connectivity index (χ4n) is 1.70. The number of ether oxygens (including phenoxy) is 1. The van der Waals surface area contributed by atoms with Crippen molar-refractivity contribution in [3.8, 4) is 0 Å². The second-order valence-electron chi connectivity index (χ2n) is 3.75. The maximum Gasteiger partial charge on any atom is 0.202 e. The third kappa shape index (κ3) is 2.68. The number of Topliss-reactive ketones (excluding diaryl/α,β-unsaturated/α-hetero) is 1. The lowest BCUT2D eigenvalue weighted by Gasteiger charge is -2.12. The summed E-state index contributed by atoms with van der Waals surface area (Å²) < 4.78 is 5.15. The molecule has 0 saturated heterocycles. The maximum absolute atomic E-state index is 12.4. The van der Waals surface area contributed by atoms with E-state index in [1.165, 1.54) is 13.3 Å². The number of allylic oxidation sites excluding steroid dienone is 2. The number of aliphatic imine (C=N–C) groups is 1. The first-order valence-electron chi connectivity index (χ1n) is 5.47. The molecule has 92 valence electrons. The van der Waals surface area contributed by atoms with Gasteiger partial charge in [-0.05, 0) is 12.2 Å². The number of rotatable bonds is 2. The molecule has 0 saturated carbocycles. The van der Waals surface area contributed by atoms with Gasteiger partial charge in [-0.3, -0.25) is 4.79 Å². The molecule has 3 nitrogen and oxygen atoms in total. The largest absolute Gasteiger partial charge is 0.483 e. The van der Waals surface area contributed by atoms with Crippen molar-refractivity contribution in [2.24, 2.45) is 10.9 Å². The SMILES string of the molecule is COC1=NC=CC(Cl)=CC1C(=O)c1ccccc1. The molecule has 0 aromatic heterocycles. The number of ketones is 1. The lowest BCUT2D eigenvalue weighted by molar-refractivity contribution is 0.0963. The van der Waals surface area contributed by atoms with Crippen molar-refractivity contribution in [3.63, 3.8) is 0 Å². The average molecular weight is 262 g/mol. The molecule has 2 rings (SSSR count). The van der Waals surface area contributed by atoms with Crippen LogP contribution in [0.25, 0.3) is 0 Å². The molecule has 0 aliphatic carbocycles. The van der Waals surface area contributed by atoms with Crippen molar-refractivity contribution in [2.75, 3.05) is 7.11 Å². The number of nitrogens with zero attached hydrogens (tertiary/aromatic N) is 1. The minimum Gasteiger partial charge on any atom is -0.483 e. The summed E-state index contributed by atoms with van der Waals surface area (Å²) in [6.45, 7) is 0. The van der Waals surface area contributed by atoms with E-state index in [-0.39, 0.29) is 5.78 Å². The summed E-state index contributed by atoms with van der Waals surface area (Å²) >= 11 is 5.96. The van der Waals surface area contributed by atoms with Gasteiger partial charge in [-0.1, -0.05) is 41.9 Å². The zero-order valence-corrected chi connectivity index (χ0v) is 10.6. The molecule has 1 aliphatic heterocycles. The van der Waals surface area contributed by atoms with E-state index in [1.54, 1.807) is 24.3 Å². The number of benzene rings is 1. The summed E-state index contributed by atoms with van der Waals surface area (Å²) in [7, 11) is 1.49. The van der Waals surface area contributed by atoms with Gasteiger partial charge in [0.2, 0.25) is 5.90 Å². The van der Waals surface area contributed by atoms with Crippen LogP contribution in [0.4, 0.5) is 0 Å². The average Bonchev–Trinajstić information content (AvgIpc) is 2.60. The molecule has 1 aromatic carbocycles. The predicted molar refractivity (Wildman–Crippen MR) is 71.8 cm³/mol. The Morgan fingerprint density at radius 3 is 2.72 bits per heavy atom. The van der Waals surface area contributed by atoms with Gasteiger partial charge in [-0.15, -0.1) is 0 Å². The summed E-state index contributed by atoms with van der Waals surface area (Å²) in [6, 6.07) is 9.01. The Morgan fingerprint density at radius 2 is 2.06 bits per heavy atom. The molecule has 0 spiro atoms. The van der Waals surface area contributed by atoms with Gasteiger partial charge in [-0.25, -0.2) is 4.99 Å².